The fourth-order valence-electron chi connectivity index (χ4n) is 3.10. The molecule has 1 N–H and O–H groups in total. The van der Waals surface area contributed by atoms with Crippen LogP contribution in [0.25, 0.3) is 0 Å². The number of hydrogen-bond acceptors (Lipinski definition) is 7. The maximum Gasteiger partial charge on any atom is 0.292 e. The number of nitrogens with one attached hydrogen (secondary N) is 1. The molecule has 1 aromatic heterocycles. The summed E-state index contributed by atoms with van der Waals surface area (Å²) in [6, 6.07) is 12.0. The predicted molar refractivity (Wildman–Crippen MR) is 123 cm³/mol. The molecule has 9 nitrogen and oxygen atoms in total. The minimum atomic E-state index is -0.528. The van der Waals surface area contributed by atoms with Crippen molar-refractivity contribution >= 4 is 29.0 Å². The van der Waals surface area contributed by atoms with E-state index >= 15 is 0 Å². The van der Waals surface area contributed by atoms with E-state index in [0.29, 0.717) is 17.5 Å². The topological polar surface area (TPSA) is 112 Å². The molecule has 1 amide bonds. The van der Waals surface area contributed by atoms with Gasteiger partial charge in [0.05, 0.1) is 10.7 Å². The van der Waals surface area contributed by atoms with Crippen LogP contribution in [0.3, 0.4) is 0 Å². The van der Waals surface area contributed by atoms with Crippen molar-refractivity contribution < 1.29 is 14.5 Å². The van der Waals surface area contributed by atoms with Gasteiger partial charge >= 0.3 is 0 Å². The zero-order chi connectivity index (χ0) is 23.3. The van der Waals surface area contributed by atoms with Crippen molar-refractivity contribution in [3.05, 3.63) is 69.5 Å². The first-order valence-corrected chi connectivity index (χ1v) is 11.1. The molecule has 0 radical (unpaired) electrons. The van der Waals surface area contributed by atoms with E-state index < -0.39 is 4.92 Å². The smallest absolute Gasteiger partial charge is 0.292 e. The lowest BCUT2D eigenvalue weighted by Crippen LogP contribution is -2.16. The Morgan fingerprint density at radius 3 is 2.66 bits per heavy atom. The van der Waals surface area contributed by atoms with Gasteiger partial charge in [-0.3, -0.25) is 14.9 Å². The summed E-state index contributed by atoms with van der Waals surface area (Å²) in [6.07, 6.45) is -0.334. The average molecular weight is 456 g/mol. The number of rotatable bonds is 9. The molecule has 0 aliphatic carbocycles. The van der Waals surface area contributed by atoms with E-state index in [1.807, 2.05) is 50.5 Å². The first kappa shape index (κ1) is 23.3. The van der Waals surface area contributed by atoms with Crippen LogP contribution >= 0.6 is 11.8 Å². The quantitative estimate of drug-likeness (QED) is 0.283. The summed E-state index contributed by atoms with van der Waals surface area (Å²) in [5.74, 6) is 1.09. The van der Waals surface area contributed by atoms with Crippen LogP contribution in [0.5, 0.6) is 5.75 Å². The normalized spacial score (nSPS) is 11.8. The standard InChI is InChI=1S/C22H25N5O4S/c1-5-26-21(16(4)31-17-11-10-14(2)15(3)12-17)24-25-22(26)32-13-20(28)23-18-8-6-7-9-19(18)27(29)30/h6-12,16H,5,13H2,1-4H3,(H,23,28). The summed E-state index contributed by atoms with van der Waals surface area (Å²) in [7, 11) is 0. The molecule has 32 heavy (non-hydrogen) atoms. The average Bonchev–Trinajstić information content (AvgIpc) is 3.18. The number of carbonyl (C=O) groups excluding carboxylic acids is 1. The second-order valence-corrected chi connectivity index (χ2v) is 8.14. The number of hydrogen-bond donors (Lipinski definition) is 1. The van der Waals surface area contributed by atoms with Gasteiger partial charge in [0.1, 0.15) is 11.4 Å². The summed E-state index contributed by atoms with van der Waals surface area (Å²) in [6.45, 7) is 8.56. The summed E-state index contributed by atoms with van der Waals surface area (Å²) in [5, 5.41) is 22.8. The van der Waals surface area contributed by atoms with E-state index in [1.165, 1.54) is 29.5 Å². The van der Waals surface area contributed by atoms with Crippen LogP contribution in [0.1, 0.15) is 36.9 Å². The van der Waals surface area contributed by atoms with Gasteiger partial charge in [-0.05, 0) is 57.0 Å². The third kappa shape index (κ3) is 5.44. The number of nitrogens with zero attached hydrogens (tertiary/aromatic N) is 4. The van der Waals surface area contributed by atoms with E-state index in [9.17, 15) is 14.9 Å². The van der Waals surface area contributed by atoms with E-state index in [-0.39, 0.29) is 29.1 Å². The monoisotopic (exact) mass is 455 g/mol. The predicted octanol–water partition coefficient (Wildman–Crippen LogP) is 4.69. The molecule has 1 atom stereocenters. The molecule has 0 aliphatic heterocycles. The highest BCUT2D eigenvalue weighted by Crippen LogP contribution is 2.27. The third-order valence-corrected chi connectivity index (χ3v) is 5.89. The van der Waals surface area contributed by atoms with Crippen LogP contribution in [-0.2, 0) is 11.3 Å². The van der Waals surface area contributed by atoms with Crippen molar-refractivity contribution in [3.63, 3.8) is 0 Å². The fourth-order valence-corrected chi connectivity index (χ4v) is 3.91. The summed E-state index contributed by atoms with van der Waals surface area (Å²) >= 11 is 1.21. The third-order valence-electron chi connectivity index (χ3n) is 4.92. The zero-order valence-electron chi connectivity index (χ0n) is 18.4. The highest BCUT2D eigenvalue weighted by atomic mass is 32.2. The highest BCUT2D eigenvalue weighted by molar-refractivity contribution is 7.99. The number of amides is 1. The number of aromatic nitrogens is 3. The molecule has 10 heteroatoms. The zero-order valence-corrected chi connectivity index (χ0v) is 19.2. The van der Waals surface area contributed by atoms with Crippen molar-refractivity contribution in [1.82, 2.24) is 14.8 Å². The lowest BCUT2D eigenvalue weighted by atomic mass is 10.1. The number of nitro groups is 1. The number of ether oxygens (including phenoxy) is 1. The van der Waals surface area contributed by atoms with Crippen molar-refractivity contribution in [2.45, 2.75) is 45.5 Å². The van der Waals surface area contributed by atoms with E-state index in [1.54, 1.807) is 12.1 Å². The molecule has 0 spiro atoms. The number of carbonyl (C=O) groups is 1. The van der Waals surface area contributed by atoms with E-state index in [2.05, 4.69) is 15.5 Å². The van der Waals surface area contributed by atoms with Crippen LogP contribution in [-0.4, -0.2) is 31.3 Å². The Balaban J connectivity index is 1.66. The van der Waals surface area contributed by atoms with Gasteiger partial charge in [0.25, 0.3) is 5.69 Å². The Bertz CT molecular complexity index is 1130. The number of thioether (sulfide) groups is 1. The van der Waals surface area contributed by atoms with Gasteiger partial charge in [0.2, 0.25) is 5.91 Å². The van der Waals surface area contributed by atoms with Crippen LogP contribution in [0, 0.1) is 24.0 Å². The fraction of sp³-hybridized carbons (Fsp3) is 0.318. The summed E-state index contributed by atoms with van der Waals surface area (Å²) < 4.78 is 7.95. The van der Waals surface area contributed by atoms with E-state index in [4.69, 9.17) is 4.74 Å². The van der Waals surface area contributed by atoms with Crippen molar-refractivity contribution in [2.75, 3.05) is 11.1 Å². The Morgan fingerprint density at radius 2 is 1.97 bits per heavy atom. The molecule has 1 unspecified atom stereocenters. The second kappa shape index (κ2) is 10.3. The minimum Gasteiger partial charge on any atom is -0.483 e. The van der Waals surface area contributed by atoms with E-state index in [0.717, 1.165) is 11.3 Å². The van der Waals surface area contributed by atoms with Gasteiger partial charge in [0, 0.05) is 12.6 Å². The molecule has 1 heterocycles. The van der Waals surface area contributed by atoms with Gasteiger partial charge in [-0.25, -0.2) is 0 Å². The lowest BCUT2D eigenvalue weighted by Gasteiger charge is -2.16. The van der Waals surface area contributed by atoms with Gasteiger partial charge in [0.15, 0.2) is 17.1 Å². The Labute approximate surface area is 190 Å². The Hall–Kier alpha value is -3.40. The summed E-state index contributed by atoms with van der Waals surface area (Å²) in [5.41, 5.74) is 2.35. The Kier molecular flexibility index (Phi) is 7.47. The molecule has 168 valence electrons. The highest BCUT2D eigenvalue weighted by Gasteiger charge is 2.20. The van der Waals surface area contributed by atoms with Gasteiger partial charge in [-0.2, -0.15) is 0 Å². The minimum absolute atomic E-state index is 0.0383. The summed E-state index contributed by atoms with van der Waals surface area (Å²) in [4.78, 5) is 23.0. The molecule has 0 fully saturated rings. The maximum absolute atomic E-state index is 12.4. The van der Waals surface area contributed by atoms with Gasteiger partial charge in [-0.15, -0.1) is 10.2 Å². The molecule has 0 saturated carbocycles. The first-order valence-electron chi connectivity index (χ1n) is 10.1. The molecular formula is C22H25N5O4S. The molecular weight excluding hydrogens is 430 g/mol. The first-order chi connectivity index (χ1) is 15.3. The van der Waals surface area contributed by atoms with Crippen LogP contribution in [0.15, 0.2) is 47.6 Å². The van der Waals surface area contributed by atoms with Crippen LogP contribution in [0.2, 0.25) is 0 Å². The van der Waals surface area contributed by atoms with Crippen molar-refractivity contribution in [2.24, 2.45) is 0 Å². The van der Waals surface area contributed by atoms with Crippen LogP contribution < -0.4 is 10.1 Å². The number of para-hydroxylation sites is 2. The molecule has 0 bridgehead atoms. The SMILES string of the molecule is CCn1c(SCC(=O)Nc2ccccc2[N+](=O)[O-])nnc1C(C)Oc1ccc(C)c(C)c1. The number of nitro benzene ring substituents is 1. The van der Waals surface area contributed by atoms with Crippen molar-refractivity contribution in [1.29, 1.82) is 0 Å². The molecule has 2 aromatic carbocycles. The maximum atomic E-state index is 12.4. The number of aryl methyl sites for hydroxylation is 2. The largest absolute Gasteiger partial charge is 0.483 e. The van der Waals surface area contributed by atoms with Crippen LogP contribution in [0.4, 0.5) is 11.4 Å². The van der Waals surface area contributed by atoms with Gasteiger partial charge < -0.3 is 14.6 Å². The molecule has 3 rings (SSSR count). The Morgan fingerprint density at radius 1 is 1.22 bits per heavy atom. The number of anilines is 1. The second-order valence-electron chi connectivity index (χ2n) is 7.20. The molecule has 0 aliphatic rings. The van der Waals surface area contributed by atoms with Gasteiger partial charge in [-0.1, -0.05) is 30.0 Å². The molecule has 0 saturated heterocycles. The van der Waals surface area contributed by atoms with Crippen molar-refractivity contribution in [3.8, 4) is 5.75 Å². The lowest BCUT2D eigenvalue weighted by molar-refractivity contribution is -0.383. The molecule has 3 aromatic rings. The number of benzene rings is 2.